The fourth-order valence-electron chi connectivity index (χ4n) is 1.33. The number of esters is 2. The number of phenols is 1. The van der Waals surface area contributed by atoms with E-state index in [0.717, 1.165) is 5.56 Å². The molecule has 6 nitrogen and oxygen atoms in total. The van der Waals surface area contributed by atoms with Gasteiger partial charge in [-0.25, -0.2) is 9.59 Å². The zero-order valence-electron chi connectivity index (χ0n) is 10.5. The fourth-order valence-corrected chi connectivity index (χ4v) is 3.23. The molecule has 20 heavy (non-hydrogen) atoms. The van der Waals surface area contributed by atoms with Crippen molar-refractivity contribution in [2.45, 2.75) is 25.5 Å². The molecule has 0 saturated heterocycles. The predicted octanol–water partition coefficient (Wildman–Crippen LogP) is 0.922. The second-order valence-electron chi connectivity index (χ2n) is 4.13. The largest absolute Gasteiger partial charge is 0.506 e. The number of carbonyl (C=O) groups excluding carboxylic acids is 2. The van der Waals surface area contributed by atoms with Gasteiger partial charge in [-0.3, -0.25) is 0 Å². The molecule has 4 N–H and O–H groups in total. The summed E-state index contributed by atoms with van der Waals surface area (Å²) in [5.74, 6) is -1.75. The molecular weight excluding hydrogens is 492 g/mol. The molecule has 110 valence electrons. The van der Waals surface area contributed by atoms with E-state index in [-0.39, 0.29) is 12.2 Å². The van der Waals surface area contributed by atoms with Crippen molar-refractivity contribution in [2.75, 3.05) is 0 Å². The molecule has 1 aromatic carbocycles. The van der Waals surface area contributed by atoms with Crippen LogP contribution in [0, 0.1) is 7.14 Å². The lowest BCUT2D eigenvalue weighted by atomic mass is 10.1. The highest BCUT2D eigenvalue weighted by Gasteiger charge is 2.22. The van der Waals surface area contributed by atoms with E-state index >= 15 is 0 Å². The van der Waals surface area contributed by atoms with Crippen molar-refractivity contribution in [3.63, 3.8) is 0 Å². The van der Waals surface area contributed by atoms with E-state index in [1.807, 2.05) is 45.2 Å². The van der Waals surface area contributed by atoms with Gasteiger partial charge in [0.2, 0.25) is 0 Å². The molecule has 0 aliphatic carbocycles. The van der Waals surface area contributed by atoms with Crippen molar-refractivity contribution in [3.8, 4) is 5.75 Å². The van der Waals surface area contributed by atoms with E-state index in [1.54, 1.807) is 12.1 Å². The number of nitrogens with two attached hydrogens (primary N) is 1. The van der Waals surface area contributed by atoms with Gasteiger partial charge in [-0.1, -0.05) is 0 Å². The quantitative estimate of drug-likeness (QED) is 0.319. The van der Waals surface area contributed by atoms with E-state index in [1.165, 1.54) is 6.92 Å². The van der Waals surface area contributed by atoms with Crippen molar-refractivity contribution < 1.29 is 24.5 Å². The van der Waals surface area contributed by atoms with Crippen molar-refractivity contribution in [1.29, 1.82) is 0 Å². The van der Waals surface area contributed by atoms with E-state index in [2.05, 4.69) is 4.74 Å². The maximum atomic E-state index is 11.6. The molecule has 0 aromatic heterocycles. The first-order valence-corrected chi connectivity index (χ1v) is 7.74. The molecule has 1 unspecified atom stereocenters. The number of ether oxygens (including phenoxy) is 1. The first kappa shape index (κ1) is 17.6. The number of aromatic hydroxyl groups is 1. The molecule has 0 spiro atoms. The number of carbonyl (C=O) groups is 2. The molecule has 0 saturated carbocycles. The Morgan fingerprint density at radius 1 is 1.30 bits per heavy atom. The topological polar surface area (TPSA) is 110 Å². The van der Waals surface area contributed by atoms with Crippen LogP contribution in [0.2, 0.25) is 0 Å². The summed E-state index contributed by atoms with van der Waals surface area (Å²) in [5, 5.41) is 18.6. The second kappa shape index (κ2) is 7.52. The van der Waals surface area contributed by atoms with Gasteiger partial charge in [-0.05, 0) is 76.2 Å². The zero-order valence-corrected chi connectivity index (χ0v) is 14.8. The molecule has 1 rings (SSSR count). The number of hydrogen-bond acceptors (Lipinski definition) is 6. The van der Waals surface area contributed by atoms with E-state index in [9.17, 15) is 14.7 Å². The molecule has 0 bridgehead atoms. The normalized spacial score (nSPS) is 13.7. The van der Waals surface area contributed by atoms with Gasteiger partial charge in [-0.2, -0.15) is 0 Å². The van der Waals surface area contributed by atoms with Crippen LogP contribution in [0.15, 0.2) is 12.1 Å². The minimum absolute atomic E-state index is 0.165. The van der Waals surface area contributed by atoms with Crippen LogP contribution in [-0.4, -0.2) is 34.3 Å². The third kappa shape index (κ3) is 4.82. The van der Waals surface area contributed by atoms with Crippen LogP contribution in [0.5, 0.6) is 5.75 Å². The molecule has 0 heterocycles. The van der Waals surface area contributed by atoms with Gasteiger partial charge in [0, 0.05) is 0 Å². The van der Waals surface area contributed by atoms with Crippen LogP contribution >= 0.6 is 45.2 Å². The highest BCUT2D eigenvalue weighted by molar-refractivity contribution is 14.1. The number of aliphatic hydroxyl groups is 1. The number of halogens is 2. The first-order valence-electron chi connectivity index (χ1n) is 5.58. The SMILES string of the molecule is CC(O)C(=O)OC(=O)[C@@H](N)Cc1cc(I)c(O)c(I)c1. The molecule has 0 fully saturated rings. The van der Waals surface area contributed by atoms with Crippen molar-refractivity contribution in [2.24, 2.45) is 5.73 Å². The van der Waals surface area contributed by atoms with E-state index < -0.39 is 24.1 Å². The second-order valence-corrected chi connectivity index (χ2v) is 6.46. The highest BCUT2D eigenvalue weighted by atomic mass is 127. The summed E-state index contributed by atoms with van der Waals surface area (Å²) in [7, 11) is 0. The third-order valence-corrected chi connectivity index (χ3v) is 4.02. The Morgan fingerprint density at radius 2 is 1.80 bits per heavy atom. The summed E-state index contributed by atoms with van der Waals surface area (Å²) >= 11 is 3.94. The van der Waals surface area contributed by atoms with Crippen LogP contribution in [0.4, 0.5) is 0 Å². The van der Waals surface area contributed by atoms with E-state index in [0.29, 0.717) is 7.14 Å². The van der Waals surface area contributed by atoms with Gasteiger partial charge in [0.1, 0.15) is 17.9 Å². The predicted molar refractivity (Wildman–Crippen MR) is 88.0 cm³/mol. The Morgan fingerprint density at radius 3 is 2.25 bits per heavy atom. The Kier molecular flexibility index (Phi) is 6.61. The third-order valence-electron chi connectivity index (χ3n) is 2.38. The molecule has 8 heteroatoms. The van der Waals surface area contributed by atoms with Crippen LogP contribution < -0.4 is 5.73 Å². The Labute approximate surface area is 143 Å². The summed E-state index contributed by atoms with van der Waals surface area (Å²) in [6.07, 6.45) is -1.21. The number of phenolic OH excluding ortho intramolecular Hbond substituents is 1. The molecule has 1 aromatic rings. The lowest BCUT2D eigenvalue weighted by Gasteiger charge is -2.12. The standard InChI is InChI=1S/C12H13I2NO5/c1-5(16)11(18)20-12(19)9(15)4-6-2-7(13)10(17)8(14)3-6/h2-3,5,9,16-17H,4,15H2,1H3/t5?,9-/m0/s1. The molecule has 0 aliphatic heterocycles. The van der Waals surface area contributed by atoms with Gasteiger partial charge < -0.3 is 20.7 Å². The number of benzene rings is 1. The lowest BCUT2D eigenvalue weighted by molar-refractivity contribution is -0.166. The van der Waals surface area contributed by atoms with Gasteiger partial charge in [0.25, 0.3) is 0 Å². The fraction of sp³-hybridized carbons (Fsp3) is 0.333. The van der Waals surface area contributed by atoms with Crippen LogP contribution in [0.1, 0.15) is 12.5 Å². The summed E-state index contributed by atoms with van der Waals surface area (Å²) in [6.45, 7) is 1.20. The Hall–Kier alpha value is -0.460. The minimum Gasteiger partial charge on any atom is -0.506 e. The molecule has 0 radical (unpaired) electrons. The summed E-state index contributed by atoms with van der Waals surface area (Å²) in [5.41, 5.74) is 6.40. The Bertz CT molecular complexity index is 510. The maximum absolute atomic E-state index is 11.6. The monoisotopic (exact) mass is 505 g/mol. The number of aliphatic hydroxyl groups excluding tert-OH is 1. The maximum Gasteiger partial charge on any atom is 0.342 e. The minimum atomic E-state index is -1.37. The number of rotatable bonds is 4. The first-order chi connectivity index (χ1) is 9.22. The highest BCUT2D eigenvalue weighted by Crippen LogP contribution is 2.27. The van der Waals surface area contributed by atoms with Crippen molar-refractivity contribution in [1.82, 2.24) is 0 Å². The van der Waals surface area contributed by atoms with Crippen LogP contribution in [0.25, 0.3) is 0 Å². The summed E-state index contributed by atoms with van der Waals surface area (Å²) < 4.78 is 5.71. The average molecular weight is 505 g/mol. The van der Waals surface area contributed by atoms with Gasteiger partial charge >= 0.3 is 11.9 Å². The molecule has 0 aliphatic rings. The lowest BCUT2D eigenvalue weighted by Crippen LogP contribution is -2.37. The van der Waals surface area contributed by atoms with Gasteiger partial charge in [0.15, 0.2) is 0 Å². The molecule has 2 atom stereocenters. The zero-order chi connectivity index (χ0) is 15.4. The van der Waals surface area contributed by atoms with Crippen LogP contribution in [-0.2, 0) is 20.7 Å². The van der Waals surface area contributed by atoms with Crippen LogP contribution in [0.3, 0.4) is 0 Å². The molecular formula is C12H13I2NO5. The average Bonchev–Trinajstić information content (AvgIpc) is 2.35. The summed E-state index contributed by atoms with van der Waals surface area (Å²) in [4.78, 5) is 22.6. The van der Waals surface area contributed by atoms with Gasteiger partial charge in [0.05, 0.1) is 7.14 Å². The Balaban J connectivity index is 2.73. The van der Waals surface area contributed by atoms with Gasteiger partial charge in [-0.15, -0.1) is 0 Å². The molecule has 0 amide bonds. The van der Waals surface area contributed by atoms with Crippen molar-refractivity contribution >= 4 is 57.1 Å². The summed E-state index contributed by atoms with van der Waals surface area (Å²) in [6, 6.07) is 2.37. The van der Waals surface area contributed by atoms with E-state index in [4.69, 9.17) is 10.8 Å². The van der Waals surface area contributed by atoms with Crippen molar-refractivity contribution in [3.05, 3.63) is 24.8 Å². The smallest absolute Gasteiger partial charge is 0.342 e. The number of hydrogen-bond donors (Lipinski definition) is 3.